The van der Waals surface area contributed by atoms with E-state index < -0.39 is 0 Å². The second-order valence-corrected chi connectivity index (χ2v) is 2.83. The summed E-state index contributed by atoms with van der Waals surface area (Å²) in [6, 6.07) is 5.41. The summed E-state index contributed by atoms with van der Waals surface area (Å²) in [4.78, 5) is 3.80. The van der Waals surface area contributed by atoms with E-state index in [1.165, 1.54) is 11.0 Å². The molecule has 0 spiro atoms. The molecule has 2 rings (SSSR count). The van der Waals surface area contributed by atoms with Crippen LogP contribution in [0.4, 0.5) is 0 Å². The molecule has 0 bridgehead atoms. The summed E-state index contributed by atoms with van der Waals surface area (Å²) in [5.74, 6) is 0.213. The fourth-order valence-corrected chi connectivity index (χ4v) is 1.16. The molecule has 0 atom stereocenters. The third-order valence-electron chi connectivity index (χ3n) is 1.80. The Morgan fingerprint density at radius 2 is 2.23 bits per heavy atom. The first-order valence-corrected chi connectivity index (χ1v) is 3.92. The number of rotatable bonds is 1. The lowest BCUT2D eigenvalue weighted by molar-refractivity contribution is 0.470. The van der Waals surface area contributed by atoms with Gasteiger partial charge in [0.1, 0.15) is 24.1 Å². The highest BCUT2D eigenvalue weighted by Gasteiger charge is 2.02. The average Bonchev–Trinajstić information content (AvgIpc) is 2.56. The molecule has 0 saturated carbocycles. The molecular weight excluding hydrogens is 166 g/mol. The van der Waals surface area contributed by atoms with E-state index in [4.69, 9.17) is 0 Å². The third-order valence-corrected chi connectivity index (χ3v) is 1.80. The molecule has 0 fully saturated rings. The van der Waals surface area contributed by atoms with Crippen LogP contribution >= 0.6 is 0 Å². The van der Waals surface area contributed by atoms with E-state index in [0.29, 0.717) is 5.69 Å². The summed E-state index contributed by atoms with van der Waals surface area (Å²) >= 11 is 0. The lowest BCUT2D eigenvalue weighted by Gasteiger charge is -2.03. The Labute approximate surface area is 75.5 Å². The van der Waals surface area contributed by atoms with E-state index in [-0.39, 0.29) is 5.75 Å². The Morgan fingerprint density at radius 3 is 2.85 bits per heavy atom. The number of phenols is 1. The molecule has 0 unspecified atom stereocenters. The zero-order chi connectivity index (χ0) is 9.26. The molecule has 0 saturated heterocycles. The molecule has 0 amide bonds. The van der Waals surface area contributed by atoms with Gasteiger partial charge in [-0.25, -0.2) is 9.67 Å². The summed E-state index contributed by atoms with van der Waals surface area (Å²) in [6.07, 6.45) is 2.98. The average molecular weight is 175 g/mol. The van der Waals surface area contributed by atoms with Crippen LogP contribution in [0, 0.1) is 6.92 Å². The Bertz CT molecular complexity index is 409. The number of phenolic OH excluding ortho intramolecular Hbond substituents is 1. The molecule has 0 radical (unpaired) electrons. The predicted molar refractivity (Wildman–Crippen MR) is 47.8 cm³/mol. The Kier molecular flexibility index (Phi) is 1.73. The molecule has 0 aliphatic heterocycles. The molecule has 4 nitrogen and oxygen atoms in total. The van der Waals surface area contributed by atoms with E-state index in [1.54, 1.807) is 18.5 Å². The van der Waals surface area contributed by atoms with Crippen LogP contribution in [0.15, 0.2) is 30.9 Å². The van der Waals surface area contributed by atoms with Gasteiger partial charge in [-0.3, -0.25) is 0 Å². The van der Waals surface area contributed by atoms with Crippen molar-refractivity contribution in [1.82, 2.24) is 14.8 Å². The van der Waals surface area contributed by atoms with Gasteiger partial charge < -0.3 is 5.11 Å². The van der Waals surface area contributed by atoms with Gasteiger partial charge in [0.25, 0.3) is 0 Å². The van der Waals surface area contributed by atoms with Crippen molar-refractivity contribution in [1.29, 1.82) is 0 Å². The fraction of sp³-hybridized carbons (Fsp3) is 0.111. The highest BCUT2D eigenvalue weighted by atomic mass is 16.3. The summed E-state index contributed by atoms with van der Waals surface area (Å²) in [6.45, 7) is 1.92. The molecule has 1 aromatic heterocycles. The first kappa shape index (κ1) is 7.79. The standard InChI is InChI=1S/C9H9N3O/c1-7-2-3-8(9(13)4-7)12-6-10-5-11-12/h2-6,13H,1H3. The number of aryl methyl sites for hydroxylation is 1. The topological polar surface area (TPSA) is 50.9 Å². The van der Waals surface area contributed by atoms with Gasteiger partial charge in [-0.05, 0) is 24.6 Å². The number of hydrogen-bond donors (Lipinski definition) is 1. The van der Waals surface area contributed by atoms with Crippen LogP contribution in [0.5, 0.6) is 5.75 Å². The third kappa shape index (κ3) is 1.38. The van der Waals surface area contributed by atoms with E-state index in [2.05, 4.69) is 10.1 Å². The van der Waals surface area contributed by atoms with Gasteiger partial charge in [-0.15, -0.1) is 0 Å². The van der Waals surface area contributed by atoms with Gasteiger partial charge in [0.05, 0.1) is 0 Å². The van der Waals surface area contributed by atoms with Crippen molar-refractivity contribution < 1.29 is 5.11 Å². The number of hydrogen-bond acceptors (Lipinski definition) is 3. The second kappa shape index (κ2) is 2.90. The predicted octanol–water partition coefficient (Wildman–Crippen LogP) is 1.28. The summed E-state index contributed by atoms with van der Waals surface area (Å²) in [5, 5.41) is 13.5. The van der Waals surface area contributed by atoms with E-state index in [0.717, 1.165) is 5.56 Å². The van der Waals surface area contributed by atoms with Crippen molar-refractivity contribution in [2.75, 3.05) is 0 Å². The van der Waals surface area contributed by atoms with Gasteiger partial charge >= 0.3 is 0 Å². The van der Waals surface area contributed by atoms with E-state index >= 15 is 0 Å². The van der Waals surface area contributed by atoms with Gasteiger partial charge in [0.15, 0.2) is 0 Å². The number of aromatic nitrogens is 3. The molecular formula is C9H9N3O. The van der Waals surface area contributed by atoms with Gasteiger partial charge in [-0.1, -0.05) is 6.07 Å². The fourth-order valence-electron chi connectivity index (χ4n) is 1.16. The quantitative estimate of drug-likeness (QED) is 0.710. The SMILES string of the molecule is Cc1ccc(-n2cncn2)c(O)c1. The molecule has 1 heterocycles. The molecule has 0 aliphatic rings. The molecule has 1 aromatic carbocycles. The first-order valence-electron chi connectivity index (χ1n) is 3.92. The van der Waals surface area contributed by atoms with Crippen LogP contribution < -0.4 is 0 Å². The van der Waals surface area contributed by atoms with Crippen LogP contribution in [0.1, 0.15) is 5.56 Å². The van der Waals surface area contributed by atoms with Crippen molar-refractivity contribution in [3.63, 3.8) is 0 Å². The maximum Gasteiger partial charge on any atom is 0.141 e. The summed E-state index contributed by atoms with van der Waals surface area (Å²) in [7, 11) is 0. The van der Waals surface area contributed by atoms with Gasteiger partial charge in [-0.2, -0.15) is 5.10 Å². The van der Waals surface area contributed by atoms with E-state index in [1.807, 2.05) is 13.0 Å². The smallest absolute Gasteiger partial charge is 0.141 e. The monoisotopic (exact) mass is 175 g/mol. The minimum Gasteiger partial charge on any atom is -0.506 e. The molecule has 1 N–H and O–H groups in total. The first-order chi connectivity index (χ1) is 6.27. The van der Waals surface area contributed by atoms with Crippen molar-refractivity contribution in [2.24, 2.45) is 0 Å². The summed E-state index contributed by atoms with van der Waals surface area (Å²) in [5.41, 5.74) is 1.66. The highest BCUT2D eigenvalue weighted by Crippen LogP contribution is 2.21. The normalized spacial score (nSPS) is 10.2. The van der Waals surface area contributed by atoms with Crippen LogP contribution in [0.25, 0.3) is 5.69 Å². The van der Waals surface area contributed by atoms with Crippen molar-refractivity contribution in [3.8, 4) is 11.4 Å². The molecule has 13 heavy (non-hydrogen) atoms. The Morgan fingerprint density at radius 1 is 1.38 bits per heavy atom. The molecule has 0 aliphatic carbocycles. The minimum absolute atomic E-state index is 0.213. The van der Waals surface area contributed by atoms with Crippen LogP contribution in [-0.4, -0.2) is 19.9 Å². The largest absolute Gasteiger partial charge is 0.506 e. The minimum atomic E-state index is 0.213. The van der Waals surface area contributed by atoms with Gasteiger partial charge in [0, 0.05) is 0 Å². The number of nitrogens with zero attached hydrogens (tertiary/aromatic N) is 3. The van der Waals surface area contributed by atoms with E-state index in [9.17, 15) is 5.11 Å². The second-order valence-electron chi connectivity index (χ2n) is 2.83. The van der Waals surface area contributed by atoms with Crippen molar-refractivity contribution in [2.45, 2.75) is 6.92 Å². The van der Waals surface area contributed by atoms with Crippen molar-refractivity contribution >= 4 is 0 Å². The van der Waals surface area contributed by atoms with Crippen LogP contribution in [-0.2, 0) is 0 Å². The maximum atomic E-state index is 9.57. The maximum absolute atomic E-state index is 9.57. The Balaban J connectivity index is 2.53. The van der Waals surface area contributed by atoms with Crippen LogP contribution in [0.2, 0.25) is 0 Å². The van der Waals surface area contributed by atoms with Gasteiger partial charge in [0.2, 0.25) is 0 Å². The zero-order valence-electron chi connectivity index (χ0n) is 7.18. The molecule has 2 aromatic rings. The lowest BCUT2D eigenvalue weighted by Crippen LogP contribution is -1.94. The number of aromatic hydroxyl groups is 1. The number of benzene rings is 1. The Hall–Kier alpha value is -1.84. The van der Waals surface area contributed by atoms with Crippen molar-refractivity contribution in [3.05, 3.63) is 36.4 Å². The summed E-state index contributed by atoms with van der Waals surface area (Å²) < 4.78 is 1.52. The zero-order valence-corrected chi connectivity index (χ0v) is 7.18. The highest BCUT2D eigenvalue weighted by molar-refractivity contribution is 5.46. The lowest BCUT2D eigenvalue weighted by atomic mass is 10.2. The molecule has 4 heteroatoms. The molecule has 66 valence electrons. The van der Waals surface area contributed by atoms with Crippen LogP contribution in [0.3, 0.4) is 0 Å².